The topological polar surface area (TPSA) is 307 Å². The van der Waals surface area contributed by atoms with Crippen LogP contribution < -0.4 is 5.32 Å². The molecule has 3 heterocycles. The molecule has 664 valence electrons. The number of aliphatic hydroxyl groups is 11. The van der Waals surface area contributed by atoms with Gasteiger partial charge < -0.3 is 89.9 Å². The highest BCUT2D eigenvalue weighted by Gasteiger charge is 2.54. The Morgan fingerprint density at radius 2 is 0.614 bits per heavy atom. The van der Waals surface area contributed by atoms with Crippen LogP contribution in [0.1, 0.15) is 380 Å². The number of carbonyl (C=O) groups is 1. The van der Waals surface area contributed by atoms with Crippen molar-refractivity contribution in [3.05, 3.63) is 85.1 Å². The van der Waals surface area contributed by atoms with Crippen LogP contribution in [0.4, 0.5) is 0 Å². The zero-order chi connectivity index (χ0) is 82.4. The number of nitrogens with one attached hydrogen (secondary N) is 1. The summed E-state index contributed by atoms with van der Waals surface area (Å²) in [5, 5.41) is 121. The van der Waals surface area contributed by atoms with Crippen LogP contribution in [0.2, 0.25) is 0 Å². The predicted octanol–water partition coefficient (Wildman–Crippen LogP) is 18.5. The predicted molar refractivity (Wildman–Crippen MR) is 461 cm³/mol. The molecule has 0 aromatic rings. The number of amides is 1. The van der Waals surface area contributed by atoms with Gasteiger partial charge in [-0.3, -0.25) is 4.79 Å². The fourth-order valence-corrected chi connectivity index (χ4v) is 15.5. The van der Waals surface area contributed by atoms with Crippen LogP contribution >= 0.6 is 0 Å². The van der Waals surface area contributed by atoms with Gasteiger partial charge in [0.1, 0.15) is 73.2 Å². The van der Waals surface area contributed by atoms with Gasteiger partial charge in [-0.1, -0.05) is 375 Å². The summed E-state index contributed by atoms with van der Waals surface area (Å²) in [6.45, 7) is 1.65. The van der Waals surface area contributed by atoms with E-state index in [1.165, 1.54) is 276 Å². The summed E-state index contributed by atoms with van der Waals surface area (Å²) < 4.78 is 34.5. The molecule has 3 aliphatic rings. The van der Waals surface area contributed by atoms with Crippen LogP contribution in [0.15, 0.2) is 85.1 Å². The fraction of sp³-hybridized carbons (Fsp3) is 0.842. The fourth-order valence-electron chi connectivity index (χ4n) is 15.5. The van der Waals surface area contributed by atoms with E-state index in [1.807, 2.05) is 6.08 Å². The molecule has 0 aromatic heterocycles. The number of unbranched alkanes of at least 4 members (excludes halogenated alkanes) is 48. The van der Waals surface area contributed by atoms with Gasteiger partial charge in [0, 0.05) is 6.42 Å². The first kappa shape index (κ1) is 105. The number of rotatable bonds is 76. The van der Waals surface area contributed by atoms with Gasteiger partial charge in [-0.05, 0) is 83.5 Å². The summed E-state index contributed by atoms with van der Waals surface area (Å²) in [7, 11) is 0. The van der Waals surface area contributed by atoms with E-state index >= 15 is 0 Å². The highest BCUT2D eigenvalue weighted by atomic mass is 16.8. The monoisotopic (exact) mass is 1610 g/mol. The third-order valence-corrected chi connectivity index (χ3v) is 22.9. The second kappa shape index (κ2) is 73.9. The average molecular weight is 1620 g/mol. The maximum Gasteiger partial charge on any atom is 0.220 e. The van der Waals surface area contributed by atoms with Crippen LogP contribution in [0.5, 0.6) is 0 Å². The van der Waals surface area contributed by atoms with Crippen LogP contribution in [-0.4, -0.2) is 193 Å². The quantitative estimate of drug-likeness (QED) is 0.0199. The minimum atomic E-state index is -1.99. The van der Waals surface area contributed by atoms with Crippen molar-refractivity contribution in [2.24, 2.45) is 0 Å². The Kier molecular flexibility index (Phi) is 68.1. The van der Waals surface area contributed by atoms with Gasteiger partial charge in [-0.2, -0.15) is 0 Å². The van der Waals surface area contributed by atoms with E-state index in [9.17, 15) is 61.0 Å². The maximum absolute atomic E-state index is 13.5. The van der Waals surface area contributed by atoms with Crippen molar-refractivity contribution in [2.75, 3.05) is 26.4 Å². The number of ether oxygens (including phenoxy) is 6. The lowest BCUT2D eigenvalue weighted by Gasteiger charge is -2.48. The molecule has 12 N–H and O–H groups in total. The molecule has 0 radical (unpaired) electrons. The number of hydrogen-bond donors (Lipinski definition) is 12. The first-order chi connectivity index (χ1) is 55.8. The summed E-state index contributed by atoms with van der Waals surface area (Å²) in [5.74, 6) is -0.283. The molecule has 17 atom stereocenters. The molecule has 0 aromatic carbocycles. The summed E-state index contributed by atoms with van der Waals surface area (Å²) in [5.41, 5.74) is 0. The van der Waals surface area contributed by atoms with Gasteiger partial charge >= 0.3 is 0 Å². The van der Waals surface area contributed by atoms with E-state index in [4.69, 9.17) is 28.4 Å². The summed E-state index contributed by atoms with van der Waals surface area (Å²) in [4.78, 5) is 13.5. The van der Waals surface area contributed by atoms with E-state index in [0.29, 0.717) is 12.8 Å². The summed E-state index contributed by atoms with van der Waals surface area (Å²) in [6, 6.07) is -1.00. The third kappa shape index (κ3) is 51.6. The molecule has 3 fully saturated rings. The molecule has 17 unspecified atom stereocenters. The molecule has 0 aliphatic carbocycles. The zero-order valence-corrected chi connectivity index (χ0v) is 71.8. The molecular weight excluding hydrogens is 1440 g/mol. The van der Waals surface area contributed by atoms with E-state index in [-0.39, 0.29) is 18.9 Å². The SMILES string of the molecule is CC/C=C\C/C=C\C/C=C\C/C=C\CCCCCCCCCCCCCCCCCCCCCCCCCCCCCCC(=O)NC(COC1OC(CO)C(OC2OC(CO)C(OC3OC(CO)C(O)C(O)C3O)C(O)C2O)C(O)C1O)C(O)/C=C/CC/C=C/CC/C=C/CCCCCCCCCCCCCCCCCCCC. The molecule has 3 aliphatic heterocycles. The largest absolute Gasteiger partial charge is 0.394 e. The van der Waals surface area contributed by atoms with Crippen LogP contribution in [0.3, 0.4) is 0 Å². The van der Waals surface area contributed by atoms with Gasteiger partial charge in [0.2, 0.25) is 5.91 Å². The van der Waals surface area contributed by atoms with Crippen molar-refractivity contribution < 1.29 is 89.4 Å². The van der Waals surface area contributed by atoms with Crippen molar-refractivity contribution in [1.29, 1.82) is 0 Å². The van der Waals surface area contributed by atoms with Crippen molar-refractivity contribution in [2.45, 2.75) is 484 Å². The number of allylic oxidation sites excluding steroid dienone is 13. The molecule has 3 saturated heterocycles. The molecule has 1 amide bonds. The minimum absolute atomic E-state index is 0.234. The van der Waals surface area contributed by atoms with E-state index < -0.39 is 124 Å². The maximum atomic E-state index is 13.5. The Hall–Kier alpha value is -3.03. The number of hydrogen-bond acceptors (Lipinski definition) is 18. The van der Waals surface area contributed by atoms with Crippen molar-refractivity contribution in [3.8, 4) is 0 Å². The summed E-state index contributed by atoms with van der Waals surface area (Å²) in [6.07, 6.45) is 74.7. The van der Waals surface area contributed by atoms with Crippen molar-refractivity contribution >= 4 is 5.91 Å². The lowest BCUT2D eigenvalue weighted by atomic mass is 9.96. The van der Waals surface area contributed by atoms with Gasteiger partial charge in [0.15, 0.2) is 18.9 Å². The Balaban J connectivity index is 1.30. The average Bonchev–Trinajstić information content (AvgIpc) is 0.782. The highest BCUT2D eigenvalue weighted by Crippen LogP contribution is 2.34. The Bertz CT molecular complexity index is 2380. The Morgan fingerprint density at radius 3 is 0.982 bits per heavy atom. The van der Waals surface area contributed by atoms with Gasteiger partial charge in [0.05, 0.1) is 38.6 Å². The molecule has 0 spiro atoms. The normalized spacial score (nSPS) is 25.1. The lowest BCUT2D eigenvalue weighted by Crippen LogP contribution is -2.66. The molecule has 114 heavy (non-hydrogen) atoms. The van der Waals surface area contributed by atoms with Gasteiger partial charge in [-0.25, -0.2) is 0 Å². The Morgan fingerprint density at radius 1 is 0.325 bits per heavy atom. The second-order valence-corrected chi connectivity index (χ2v) is 33.1. The smallest absolute Gasteiger partial charge is 0.220 e. The minimum Gasteiger partial charge on any atom is -0.394 e. The third-order valence-electron chi connectivity index (χ3n) is 22.9. The molecular formula is C95H171NO18. The molecule has 0 saturated carbocycles. The van der Waals surface area contributed by atoms with Crippen LogP contribution in [-0.2, 0) is 33.2 Å². The zero-order valence-electron chi connectivity index (χ0n) is 71.8. The molecule has 19 nitrogen and oxygen atoms in total. The lowest BCUT2D eigenvalue weighted by molar-refractivity contribution is -0.379. The Labute approximate surface area is 692 Å². The van der Waals surface area contributed by atoms with E-state index in [0.717, 1.165) is 70.6 Å². The molecule has 3 rings (SSSR count). The number of aliphatic hydroxyl groups excluding tert-OH is 11. The van der Waals surface area contributed by atoms with Crippen LogP contribution in [0, 0.1) is 0 Å². The summed E-state index contributed by atoms with van der Waals surface area (Å²) >= 11 is 0. The standard InChI is InChI=1S/C95H171NO18/c1-3-5-7-9-11-13-15-17-19-21-23-25-27-29-31-33-34-35-36-37-38-39-40-41-42-43-44-45-47-49-51-53-55-57-59-61-63-65-67-69-71-73-83(101)96-78(79(100)72-70-68-66-64-62-60-58-56-54-52-50-48-46-32-30-28-26-24-22-20-18-16-14-12-10-8-6-4-2)77-109-93-89(107)86(104)91(81(75-98)111-93)114-95-90(108)87(105)92(82(76-99)112-95)113-94-88(106)85(103)84(102)80(74-97)110-94/h5,7,11,13,17,19,23,25,54,56,62,64,70,72,78-82,84-95,97-100,102-108H,3-4,6,8-10,12,14-16,18,20-22,24,26-53,55,57-61,63,65-69,71,73-77H2,1-2H3,(H,96,101)/b7-5-,13-11-,19-17-,25-23-,56-54+,64-62+,72-70+. The van der Waals surface area contributed by atoms with E-state index in [1.54, 1.807) is 6.08 Å². The van der Waals surface area contributed by atoms with Gasteiger partial charge in [-0.15, -0.1) is 0 Å². The number of carbonyl (C=O) groups excluding carboxylic acids is 1. The first-order valence-electron chi connectivity index (χ1n) is 46.8. The molecule has 0 bridgehead atoms. The van der Waals surface area contributed by atoms with Crippen molar-refractivity contribution in [3.63, 3.8) is 0 Å². The van der Waals surface area contributed by atoms with E-state index in [2.05, 4.69) is 92.1 Å². The first-order valence-corrected chi connectivity index (χ1v) is 46.8. The molecule has 19 heteroatoms. The van der Waals surface area contributed by atoms with Gasteiger partial charge in [0.25, 0.3) is 0 Å². The highest BCUT2D eigenvalue weighted by molar-refractivity contribution is 5.76. The van der Waals surface area contributed by atoms with Crippen LogP contribution in [0.25, 0.3) is 0 Å². The van der Waals surface area contributed by atoms with Crippen molar-refractivity contribution in [1.82, 2.24) is 5.32 Å². The second-order valence-electron chi connectivity index (χ2n) is 33.1.